The maximum atomic E-state index is 8.69. The smallest absolute Gasteiger partial charge is 0.142 e. The Morgan fingerprint density at radius 2 is 2.25 bits per heavy atom. The molecule has 0 saturated heterocycles. The van der Waals surface area contributed by atoms with E-state index in [2.05, 4.69) is 23.9 Å². The lowest BCUT2D eigenvalue weighted by molar-refractivity contribution is 0.0825. The van der Waals surface area contributed by atoms with Crippen molar-refractivity contribution < 1.29 is 4.74 Å². The van der Waals surface area contributed by atoms with Crippen molar-refractivity contribution in [2.45, 2.75) is 6.73 Å². The van der Waals surface area contributed by atoms with Gasteiger partial charge >= 0.3 is 0 Å². The van der Waals surface area contributed by atoms with Gasteiger partial charge in [0, 0.05) is 5.75 Å². The van der Waals surface area contributed by atoms with Gasteiger partial charge in [-0.15, -0.1) is 0 Å². The van der Waals surface area contributed by atoms with Crippen LogP contribution in [-0.2, 0) is 11.5 Å². The van der Waals surface area contributed by atoms with Crippen LogP contribution < -0.4 is 5.73 Å². The van der Waals surface area contributed by atoms with E-state index >= 15 is 0 Å². The van der Waals surface area contributed by atoms with Crippen LogP contribution in [-0.4, -0.2) is 40.9 Å². The fourth-order valence-corrected chi connectivity index (χ4v) is 1.66. The van der Waals surface area contributed by atoms with Gasteiger partial charge in [-0.25, -0.2) is 14.7 Å². The van der Waals surface area contributed by atoms with Gasteiger partial charge in [0.1, 0.15) is 24.2 Å². The molecule has 0 aromatic carbocycles. The highest BCUT2D eigenvalue weighted by Gasteiger charge is 2.07. The van der Waals surface area contributed by atoms with Gasteiger partial charge < -0.3 is 10.5 Å². The van der Waals surface area contributed by atoms with E-state index in [1.165, 1.54) is 10.9 Å². The minimum atomic E-state index is -0.526. The van der Waals surface area contributed by atoms with Crippen molar-refractivity contribution in [1.82, 2.24) is 9.78 Å². The monoisotopic (exact) mass is 242 g/mol. The maximum absolute atomic E-state index is 8.69. The molecule has 0 unspecified atom stereocenters. The molecule has 0 aliphatic rings. The van der Waals surface area contributed by atoms with Crippen LogP contribution in [0.15, 0.2) is 6.20 Å². The summed E-state index contributed by atoms with van der Waals surface area (Å²) >= 11 is 0. The van der Waals surface area contributed by atoms with E-state index in [9.17, 15) is 0 Å². The van der Waals surface area contributed by atoms with Crippen molar-refractivity contribution in [2.75, 3.05) is 36.9 Å². The molecular weight excluding hydrogens is 224 g/mol. The molecule has 16 heavy (non-hydrogen) atoms. The molecule has 1 aromatic heterocycles. The Kier molecular flexibility index (Phi) is 4.21. The summed E-state index contributed by atoms with van der Waals surface area (Å²) in [5.74, 6) is 1.42. The van der Waals surface area contributed by atoms with E-state index in [-0.39, 0.29) is 0 Å². The van der Waals surface area contributed by atoms with Gasteiger partial charge in [-0.3, -0.25) is 0 Å². The second-order valence-corrected chi connectivity index (χ2v) is 8.98. The second-order valence-electron chi connectivity index (χ2n) is 4.39. The van der Waals surface area contributed by atoms with Gasteiger partial charge in [-0.2, -0.15) is 10.4 Å². The Balaban J connectivity index is 2.39. The molecule has 0 saturated carbocycles. The predicted molar refractivity (Wildman–Crippen MR) is 67.5 cm³/mol. The number of hydrogen-bond donors (Lipinski definition) is 1. The quantitative estimate of drug-likeness (QED) is 0.782. The van der Waals surface area contributed by atoms with Crippen LogP contribution >= 0.6 is 10.0 Å². The third kappa shape index (κ3) is 3.76. The number of nitriles is 1. The van der Waals surface area contributed by atoms with Gasteiger partial charge in [0.25, 0.3) is 0 Å². The zero-order chi connectivity index (χ0) is 12.2. The molecule has 2 N–H and O–H groups in total. The van der Waals surface area contributed by atoms with E-state index in [0.717, 1.165) is 5.75 Å². The molecule has 90 valence electrons. The number of rotatable bonds is 5. The highest BCUT2D eigenvalue weighted by Crippen LogP contribution is 2.33. The van der Waals surface area contributed by atoms with Crippen molar-refractivity contribution in [3.05, 3.63) is 11.8 Å². The molecule has 1 aromatic rings. The maximum Gasteiger partial charge on any atom is 0.142 e. The van der Waals surface area contributed by atoms with Gasteiger partial charge in [0.05, 0.1) is 12.8 Å². The molecule has 0 fully saturated rings. The molecule has 0 amide bonds. The number of ether oxygens (including phenoxy) is 1. The minimum absolute atomic E-state index is 0.309. The fraction of sp³-hybridized carbons (Fsp3) is 0.600. The topological polar surface area (TPSA) is 76.9 Å². The molecule has 0 aliphatic carbocycles. The van der Waals surface area contributed by atoms with Gasteiger partial charge in [0.2, 0.25) is 0 Å². The van der Waals surface area contributed by atoms with Crippen LogP contribution in [0.25, 0.3) is 0 Å². The Labute approximate surface area is 97.5 Å². The lowest BCUT2D eigenvalue weighted by atomic mass is 10.4. The lowest BCUT2D eigenvalue weighted by Gasteiger charge is -2.24. The highest BCUT2D eigenvalue weighted by atomic mass is 32.3. The summed E-state index contributed by atoms with van der Waals surface area (Å²) < 4.78 is 6.96. The number of nitrogens with two attached hydrogens (primary N) is 1. The minimum Gasteiger partial charge on any atom is -0.383 e. The zero-order valence-electron chi connectivity index (χ0n) is 9.93. The molecule has 0 radical (unpaired) electrons. The number of nitrogens with zero attached hydrogens (tertiary/aromatic N) is 3. The van der Waals surface area contributed by atoms with E-state index in [1.54, 1.807) is 0 Å². The Morgan fingerprint density at radius 3 is 2.75 bits per heavy atom. The van der Waals surface area contributed by atoms with E-state index < -0.39 is 10.0 Å². The van der Waals surface area contributed by atoms with Crippen LogP contribution in [0.5, 0.6) is 0 Å². The lowest BCUT2D eigenvalue weighted by Crippen LogP contribution is -2.12. The SMILES string of the molecule is CS(C)(C)CCOCn1ncc(C#N)c1N. The summed E-state index contributed by atoms with van der Waals surface area (Å²) in [6, 6.07) is 1.97. The van der Waals surface area contributed by atoms with Crippen molar-refractivity contribution in [2.24, 2.45) is 0 Å². The van der Waals surface area contributed by atoms with E-state index in [1.807, 2.05) is 6.07 Å². The first-order valence-corrected chi connectivity index (χ1v) is 7.92. The van der Waals surface area contributed by atoms with Crippen LogP contribution in [0.1, 0.15) is 5.56 Å². The summed E-state index contributed by atoms with van der Waals surface area (Å²) in [6.45, 7) is 1.00. The van der Waals surface area contributed by atoms with Crippen molar-refractivity contribution in [1.29, 1.82) is 5.26 Å². The van der Waals surface area contributed by atoms with Crippen LogP contribution in [0, 0.1) is 11.3 Å². The highest BCUT2D eigenvalue weighted by molar-refractivity contribution is 8.32. The third-order valence-electron chi connectivity index (χ3n) is 2.05. The molecular formula is C10H18N4OS. The number of aromatic nitrogens is 2. The number of nitrogen functional groups attached to an aromatic ring is 1. The van der Waals surface area contributed by atoms with Crippen molar-refractivity contribution >= 4 is 15.8 Å². The molecule has 6 heteroatoms. The summed E-state index contributed by atoms with van der Waals surface area (Å²) in [5, 5.41) is 12.7. The van der Waals surface area contributed by atoms with E-state index in [4.69, 9.17) is 15.7 Å². The Bertz CT molecular complexity index is 389. The van der Waals surface area contributed by atoms with Gasteiger partial charge in [-0.05, 0) is 18.8 Å². The first-order valence-electron chi connectivity index (χ1n) is 4.89. The molecule has 0 spiro atoms. The first kappa shape index (κ1) is 12.9. The van der Waals surface area contributed by atoms with Crippen molar-refractivity contribution in [3.63, 3.8) is 0 Å². The fourth-order valence-electron chi connectivity index (χ4n) is 1.04. The number of anilines is 1. The molecule has 0 atom stereocenters. The normalized spacial score (nSPS) is 12.4. The zero-order valence-corrected chi connectivity index (χ0v) is 10.8. The molecule has 0 bridgehead atoms. The van der Waals surface area contributed by atoms with Gasteiger partial charge in [-0.1, -0.05) is 0 Å². The molecule has 5 nitrogen and oxygen atoms in total. The average molecular weight is 242 g/mol. The average Bonchev–Trinajstić information content (AvgIpc) is 2.53. The summed E-state index contributed by atoms with van der Waals surface area (Å²) in [4.78, 5) is 0. The van der Waals surface area contributed by atoms with Crippen LogP contribution in [0.3, 0.4) is 0 Å². The second kappa shape index (κ2) is 5.23. The number of hydrogen-bond acceptors (Lipinski definition) is 4. The molecule has 0 aliphatic heterocycles. The summed E-state index contributed by atoms with van der Waals surface area (Å²) in [6.07, 6.45) is 8.18. The molecule has 1 heterocycles. The Hall–Kier alpha value is -1.19. The van der Waals surface area contributed by atoms with E-state index in [0.29, 0.717) is 24.7 Å². The largest absolute Gasteiger partial charge is 0.383 e. The third-order valence-corrected chi connectivity index (χ3v) is 3.45. The van der Waals surface area contributed by atoms with Crippen LogP contribution in [0.2, 0.25) is 0 Å². The Morgan fingerprint density at radius 1 is 1.56 bits per heavy atom. The summed E-state index contributed by atoms with van der Waals surface area (Å²) in [7, 11) is -0.526. The van der Waals surface area contributed by atoms with Crippen LogP contribution in [0.4, 0.5) is 5.82 Å². The van der Waals surface area contributed by atoms with Crippen molar-refractivity contribution in [3.8, 4) is 6.07 Å². The summed E-state index contributed by atoms with van der Waals surface area (Å²) in [5.41, 5.74) is 6.08. The molecule has 1 rings (SSSR count). The predicted octanol–water partition coefficient (Wildman–Crippen LogP) is 1.01. The standard InChI is InChI=1S/C10H18N4OS/c1-16(2,3)5-4-15-8-14-10(12)9(6-11)7-13-14/h7H,4-5,8,12H2,1-3H3. The van der Waals surface area contributed by atoms with Gasteiger partial charge in [0.15, 0.2) is 0 Å². The first-order chi connectivity index (χ1) is 7.44.